The molecule has 0 atom stereocenters. The van der Waals surface area contributed by atoms with E-state index in [2.05, 4.69) is 15.6 Å². The molecule has 2 aliphatic heterocycles. The van der Waals surface area contributed by atoms with E-state index in [-0.39, 0.29) is 17.7 Å². The highest BCUT2D eigenvalue weighted by Crippen LogP contribution is 2.16. The molecule has 0 radical (unpaired) electrons. The number of H-pyrrole nitrogens is 1. The van der Waals surface area contributed by atoms with Gasteiger partial charge in [0.15, 0.2) is 0 Å². The van der Waals surface area contributed by atoms with Crippen LogP contribution in [0.5, 0.6) is 0 Å². The van der Waals surface area contributed by atoms with Gasteiger partial charge in [-0.05, 0) is 36.6 Å². The van der Waals surface area contributed by atoms with Crippen molar-refractivity contribution in [2.24, 2.45) is 0 Å². The zero-order valence-corrected chi connectivity index (χ0v) is 16.2. The Balaban J connectivity index is 1.31. The van der Waals surface area contributed by atoms with E-state index in [1.165, 1.54) is 0 Å². The number of aromatic nitrogens is 1. The molecule has 1 aromatic heterocycles. The van der Waals surface area contributed by atoms with Crippen LogP contribution in [-0.2, 0) is 11.3 Å². The van der Waals surface area contributed by atoms with Crippen LogP contribution in [0.1, 0.15) is 39.3 Å². The maximum absolute atomic E-state index is 12.4. The lowest BCUT2D eigenvalue weighted by Gasteiger charge is -2.28. The number of benzene rings is 1. The maximum atomic E-state index is 12.4. The average Bonchev–Trinajstić information content (AvgIpc) is 3.44. The van der Waals surface area contributed by atoms with Crippen molar-refractivity contribution >= 4 is 23.4 Å². The first-order valence-corrected chi connectivity index (χ1v) is 9.96. The number of hydrogen-bond acceptors (Lipinski definition) is 4. The highest BCUT2D eigenvalue weighted by atomic mass is 16.2. The molecular weight excluding hydrogens is 370 g/mol. The molecule has 0 unspecified atom stereocenters. The van der Waals surface area contributed by atoms with Crippen molar-refractivity contribution in [1.29, 1.82) is 0 Å². The smallest absolute Gasteiger partial charge is 0.270 e. The molecule has 8 heteroatoms. The normalized spacial score (nSPS) is 16.6. The van der Waals surface area contributed by atoms with E-state index < -0.39 is 0 Å². The SMILES string of the molecule is O=C1CN(c2ccc(CNC(=O)c3c[nH]c(C(=O)N4CCCC4)c3)cc2)CCN1. The third-order valence-electron chi connectivity index (χ3n) is 5.36. The summed E-state index contributed by atoms with van der Waals surface area (Å²) < 4.78 is 0. The Labute approximate surface area is 169 Å². The summed E-state index contributed by atoms with van der Waals surface area (Å²) in [6.45, 7) is 3.74. The molecule has 0 spiro atoms. The summed E-state index contributed by atoms with van der Waals surface area (Å²) in [7, 11) is 0. The van der Waals surface area contributed by atoms with Gasteiger partial charge in [0, 0.05) is 44.6 Å². The number of likely N-dealkylation sites (tertiary alicyclic amines) is 1. The number of aromatic amines is 1. The van der Waals surface area contributed by atoms with E-state index in [0.29, 0.717) is 30.9 Å². The highest BCUT2D eigenvalue weighted by Gasteiger charge is 2.21. The third-order valence-corrected chi connectivity index (χ3v) is 5.36. The number of hydrogen-bond donors (Lipinski definition) is 3. The summed E-state index contributed by atoms with van der Waals surface area (Å²) >= 11 is 0. The Morgan fingerprint density at radius 3 is 2.55 bits per heavy atom. The molecule has 3 heterocycles. The second kappa shape index (κ2) is 8.38. The Morgan fingerprint density at radius 1 is 1.07 bits per heavy atom. The second-order valence-corrected chi connectivity index (χ2v) is 7.42. The molecule has 2 aromatic rings. The molecule has 4 rings (SSSR count). The fourth-order valence-electron chi connectivity index (χ4n) is 3.71. The van der Waals surface area contributed by atoms with Gasteiger partial charge in [0.1, 0.15) is 5.69 Å². The Hall–Kier alpha value is -3.29. The lowest BCUT2D eigenvalue weighted by Crippen LogP contribution is -2.47. The fraction of sp³-hybridized carbons (Fsp3) is 0.381. The zero-order valence-electron chi connectivity index (χ0n) is 16.2. The lowest BCUT2D eigenvalue weighted by atomic mass is 10.1. The largest absolute Gasteiger partial charge is 0.360 e. The molecule has 8 nitrogen and oxygen atoms in total. The minimum Gasteiger partial charge on any atom is -0.360 e. The van der Waals surface area contributed by atoms with Gasteiger partial charge in [-0.15, -0.1) is 0 Å². The highest BCUT2D eigenvalue weighted by molar-refractivity contribution is 5.99. The number of piperazine rings is 1. The van der Waals surface area contributed by atoms with Crippen LogP contribution in [-0.4, -0.2) is 60.3 Å². The summed E-state index contributed by atoms with van der Waals surface area (Å²) in [6, 6.07) is 9.43. The van der Waals surface area contributed by atoms with Gasteiger partial charge >= 0.3 is 0 Å². The number of nitrogens with zero attached hydrogens (tertiary/aromatic N) is 2. The van der Waals surface area contributed by atoms with Crippen molar-refractivity contribution < 1.29 is 14.4 Å². The van der Waals surface area contributed by atoms with Gasteiger partial charge in [-0.1, -0.05) is 12.1 Å². The number of rotatable bonds is 5. The fourth-order valence-corrected chi connectivity index (χ4v) is 3.71. The van der Waals surface area contributed by atoms with E-state index in [1.807, 2.05) is 29.2 Å². The van der Waals surface area contributed by atoms with Crippen LogP contribution in [0.4, 0.5) is 5.69 Å². The Morgan fingerprint density at radius 2 is 1.83 bits per heavy atom. The first kappa shape index (κ1) is 19.0. The first-order valence-electron chi connectivity index (χ1n) is 9.96. The van der Waals surface area contributed by atoms with Crippen LogP contribution in [0, 0.1) is 0 Å². The van der Waals surface area contributed by atoms with Crippen molar-refractivity contribution in [1.82, 2.24) is 20.5 Å². The molecule has 2 aliphatic rings. The average molecular weight is 395 g/mol. The quantitative estimate of drug-likeness (QED) is 0.707. The minimum absolute atomic E-state index is 0.0293. The van der Waals surface area contributed by atoms with Crippen molar-refractivity contribution in [2.45, 2.75) is 19.4 Å². The summed E-state index contributed by atoms with van der Waals surface area (Å²) in [4.78, 5) is 43.1. The Kier molecular flexibility index (Phi) is 5.50. The van der Waals surface area contributed by atoms with E-state index >= 15 is 0 Å². The van der Waals surface area contributed by atoms with Crippen LogP contribution < -0.4 is 15.5 Å². The maximum Gasteiger partial charge on any atom is 0.270 e. The van der Waals surface area contributed by atoms with E-state index in [9.17, 15) is 14.4 Å². The molecule has 3 N–H and O–H groups in total. The first-order chi connectivity index (χ1) is 14.1. The molecule has 0 aliphatic carbocycles. The van der Waals surface area contributed by atoms with Crippen LogP contribution in [0.3, 0.4) is 0 Å². The molecular formula is C21H25N5O3. The molecule has 152 valence electrons. The van der Waals surface area contributed by atoms with Crippen LogP contribution >= 0.6 is 0 Å². The summed E-state index contributed by atoms with van der Waals surface area (Å²) in [6.07, 6.45) is 3.64. The van der Waals surface area contributed by atoms with Crippen LogP contribution in [0.2, 0.25) is 0 Å². The number of nitrogens with one attached hydrogen (secondary N) is 3. The second-order valence-electron chi connectivity index (χ2n) is 7.42. The van der Waals surface area contributed by atoms with Gasteiger partial charge in [-0.2, -0.15) is 0 Å². The number of carbonyl (C=O) groups excluding carboxylic acids is 3. The standard InChI is InChI=1S/C21H25N5O3/c27-19-14-26(10-7-22-19)17-5-3-15(4-6-17)12-24-20(28)16-11-18(23-13-16)21(29)25-8-1-2-9-25/h3-6,11,13,23H,1-2,7-10,12,14H2,(H,22,27)(H,24,28). The monoisotopic (exact) mass is 395 g/mol. The van der Waals surface area contributed by atoms with Crippen molar-refractivity contribution in [3.63, 3.8) is 0 Å². The predicted octanol–water partition coefficient (Wildman–Crippen LogP) is 1.12. The summed E-state index contributed by atoms with van der Waals surface area (Å²) in [5.74, 6) is -0.247. The van der Waals surface area contributed by atoms with Crippen molar-refractivity contribution in [3.8, 4) is 0 Å². The molecule has 1 aromatic carbocycles. The van der Waals surface area contributed by atoms with E-state index in [4.69, 9.17) is 0 Å². The van der Waals surface area contributed by atoms with Gasteiger partial charge in [-0.3, -0.25) is 14.4 Å². The minimum atomic E-state index is -0.224. The molecule has 3 amide bonds. The van der Waals surface area contributed by atoms with Gasteiger partial charge in [0.2, 0.25) is 5.91 Å². The summed E-state index contributed by atoms with van der Waals surface area (Å²) in [5.41, 5.74) is 2.86. The number of anilines is 1. The third kappa shape index (κ3) is 4.42. The number of carbonyl (C=O) groups is 3. The number of amides is 3. The molecule has 2 saturated heterocycles. The van der Waals surface area contributed by atoms with Crippen LogP contribution in [0.25, 0.3) is 0 Å². The summed E-state index contributed by atoms with van der Waals surface area (Å²) in [5, 5.41) is 5.69. The molecule has 29 heavy (non-hydrogen) atoms. The Bertz CT molecular complexity index is 899. The van der Waals surface area contributed by atoms with Crippen LogP contribution in [0.15, 0.2) is 36.5 Å². The van der Waals surface area contributed by atoms with Gasteiger partial charge < -0.3 is 25.4 Å². The van der Waals surface area contributed by atoms with Gasteiger partial charge in [0.05, 0.1) is 12.1 Å². The van der Waals surface area contributed by atoms with Gasteiger partial charge in [0.25, 0.3) is 11.8 Å². The molecule has 0 saturated carbocycles. The van der Waals surface area contributed by atoms with Gasteiger partial charge in [-0.25, -0.2) is 0 Å². The zero-order chi connectivity index (χ0) is 20.2. The predicted molar refractivity (Wildman–Crippen MR) is 109 cm³/mol. The van der Waals surface area contributed by atoms with E-state index in [0.717, 1.165) is 43.7 Å². The van der Waals surface area contributed by atoms with Crippen molar-refractivity contribution in [2.75, 3.05) is 37.6 Å². The van der Waals surface area contributed by atoms with E-state index in [1.54, 1.807) is 17.2 Å². The van der Waals surface area contributed by atoms with Crippen molar-refractivity contribution in [3.05, 3.63) is 53.3 Å². The lowest BCUT2D eigenvalue weighted by molar-refractivity contribution is -0.120. The molecule has 0 bridgehead atoms. The molecule has 2 fully saturated rings. The topological polar surface area (TPSA) is 97.5 Å².